The molecule has 3 nitrogen and oxygen atoms in total. The predicted molar refractivity (Wildman–Crippen MR) is 61.5 cm³/mol. The van der Waals surface area contributed by atoms with Crippen LogP contribution in [0.3, 0.4) is 0 Å². The molecule has 2 atom stereocenters. The zero-order valence-electron chi connectivity index (χ0n) is 10.3. The van der Waals surface area contributed by atoms with Crippen molar-refractivity contribution in [3.05, 3.63) is 0 Å². The third kappa shape index (κ3) is 2.92. The third-order valence-electron chi connectivity index (χ3n) is 3.69. The lowest BCUT2D eigenvalue weighted by Crippen LogP contribution is -2.51. The second-order valence-electron chi connectivity index (χ2n) is 5.88. The van der Waals surface area contributed by atoms with Crippen molar-refractivity contribution in [2.24, 2.45) is 11.3 Å². The second-order valence-corrected chi connectivity index (χ2v) is 5.88. The molecule has 0 aromatic heterocycles. The number of rotatable bonds is 2. The number of nitrogens with one attached hydrogen (secondary N) is 1. The Labute approximate surface area is 93.1 Å². The molecule has 1 heterocycles. The van der Waals surface area contributed by atoms with Gasteiger partial charge in [0.25, 0.3) is 0 Å². The maximum atomic E-state index is 5.35. The Kier molecular flexibility index (Phi) is 3.33. The normalized spacial score (nSPS) is 37.0. The topological polar surface area (TPSA) is 24.5 Å². The summed E-state index contributed by atoms with van der Waals surface area (Å²) in [4.78, 5) is 0. The Morgan fingerprint density at radius 2 is 1.87 bits per heavy atom. The Bertz CT molecular complexity index is 212. The van der Waals surface area contributed by atoms with Crippen LogP contribution in [-0.2, 0) is 4.74 Å². The molecule has 1 saturated carbocycles. The largest absolute Gasteiger partial charge is 0.379 e. The number of ether oxygens (including phenoxy) is 1. The van der Waals surface area contributed by atoms with E-state index in [4.69, 9.17) is 4.74 Å². The molecule has 0 aromatic rings. The van der Waals surface area contributed by atoms with Crippen LogP contribution in [0.4, 0.5) is 0 Å². The minimum atomic E-state index is 0.517. The van der Waals surface area contributed by atoms with Crippen molar-refractivity contribution in [1.29, 1.82) is 0 Å². The first-order valence-electron chi connectivity index (χ1n) is 6.16. The molecule has 88 valence electrons. The first-order chi connectivity index (χ1) is 7.07. The minimum absolute atomic E-state index is 0.517. The molecule has 0 amide bonds. The van der Waals surface area contributed by atoms with Crippen molar-refractivity contribution in [3.63, 3.8) is 0 Å². The zero-order chi connectivity index (χ0) is 10.9. The molecule has 1 aliphatic carbocycles. The van der Waals surface area contributed by atoms with Gasteiger partial charge in [0.2, 0.25) is 0 Å². The maximum absolute atomic E-state index is 5.35. The van der Waals surface area contributed by atoms with Crippen molar-refractivity contribution in [2.75, 3.05) is 26.3 Å². The van der Waals surface area contributed by atoms with E-state index in [-0.39, 0.29) is 0 Å². The van der Waals surface area contributed by atoms with E-state index in [0.717, 1.165) is 32.2 Å². The predicted octanol–water partition coefficient (Wildman–Crippen LogP) is 1.65. The molecule has 0 radical (unpaired) electrons. The first-order valence-corrected chi connectivity index (χ1v) is 6.16. The fourth-order valence-corrected chi connectivity index (χ4v) is 2.99. The van der Waals surface area contributed by atoms with Gasteiger partial charge in [-0.2, -0.15) is 0 Å². The fourth-order valence-electron chi connectivity index (χ4n) is 2.99. The second kappa shape index (κ2) is 4.40. The molecule has 2 aliphatic rings. The van der Waals surface area contributed by atoms with Gasteiger partial charge < -0.3 is 4.74 Å². The van der Waals surface area contributed by atoms with Gasteiger partial charge in [0.15, 0.2) is 0 Å². The summed E-state index contributed by atoms with van der Waals surface area (Å²) in [6.45, 7) is 10.9. The van der Waals surface area contributed by atoms with E-state index in [1.54, 1.807) is 0 Å². The summed E-state index contributed by atoms with van der Waals surface area (Å²) < 4.78 is 5.35. The standard InChI is InChI=1S/C12H24N2O/c1-10-8-12(2,3)9-11(10)13-14-4-6-15-7-5-14/h10-11,13H,4-9H2,1-3H3. The lowest BCUT2D eigenvalue weighted by atomic mass is 9.91. The molecule has 0 bridgehead atoms. The minimum Gasteiger partial charge on any atom is -0.379 e. The van der Waals surface area contributed by atoms with Gasteiger partial charge in [-0.1, -0.05) is 20.8 Å². The van der Waals surface area contributed by atoms with Crippen LogP contribution in [0.5, 0.6) is 0 Å². The number of hydrogen-bond donors (Lipinski definition) is 1. The number of hydrogen-bond acceptors (Lipinski definition) is 3. The van der Waals surface area contributed by atoms with E-state index in [2.05, 4.69) is 31.2 Å². The summed E-state index contributed by atoms with van der Waals surface area (Å²) in [6, 6.07) is 0.665. The van der Waals surface area contributed by atoms with Crippen molar-refractivity contribution in [2.45, 2.75) is 39.7 Å². The molecule has 2 unspecified atom stereocenters. The number of nitrogens with zero attached hydrogens (tertiary/aromatic N) is 1. The quantitative estimate of drug-likeness (QED) is 0.753. The molecule has 2 rings (SSSR count). The molecule has 15 heavy (non-hydrogen) atoms. The van der Waals surface area contributed by atoms with Crippen molar-refractivity contribution in [3.8, 4) is 0 Å². The highest BCUT2D eigenvalue weighted by Crippen LogP contribution is 2.40. The van der Waals surface area contributed by atoms with Crippen molar-refractivity contribution < 1.29 is 4.74 Å². The van der Waals surface area contributed by atoms with E-state index < -0.39 is 0 Å². The molecule has 1 saturated heterocycles. The number of hydrazine groups is 1. The highest BCUT2D eigenvalue weighted by molar-refractivity contribution is 4.90. The average molecular weight is 212 g/mol. The van der Waals surface area contributed by atoms with Crippen LogP contribution in [0.2, 0.25) is 0 Å². The van der Waals surface area contributed by atoms with Crippen LogP contribution in [0.15, 0.2) is 0 Å². The van der Waals surface area contributed by atoms with Gasteiger partial charge in [-0.3, -0.25) is 5.43 Å². The SMILES string of the molecule is CC1CC(C)(C)CC1NN1CCOCC1. The summed E-state index contributed by atoms with van der Waals surface area (Å²) in [5, 5.41) is 2.34. The monoisotopic (exact) mass is 212 g/mol. The highest BCUT2D eigenvalue weighted by atomic mass is 16.5. The van der Waals surface area contributed by atoms with Crippen LogP contribution in [0.25, 0.3) is 0 Å². The molecule has 0 aromatic carbocycles. The molecule has 0 spiro atoms. The Morgan fingerprint density at radius 3 is 2.40 bits per heavy atom. The van der Waals surface area contributed by atoms with E-state index in [1.165, 1.54) is 12.8 Å². The Balaban J connectivity index is 1.83. The lowest BCUT2D eigenvalue weighted by Gasteiger charge is -2.32. The zero-order valence-corrected chi connectivity index (χ0v) is 10.3. The Hall–Kier alpha value is -0.120. The molecule has 1 N–H and O–H groups in total. The van der Waals surface area contributed by atoms with Crippen LogP contribution in [-0.4, -0.2) is 37.4 Å². The summed E-state index contributed by atoms with van der Waals surface area (Å²) in [5.41, 5.74) is 4.19. The smallest absolute Gasteiger partial charge is 0.0608 e. The summed E-state index contributed by atoms with van der Waals surface area (Å²) in [7, 11) is 0. The molecular formula is C12H24N2O. The molecule has 2 fully saturated rings. The van der Waals surface area contributed by atoms with Gasteiger partial charge in [-0.05, 0) is 24.2 Å². The van der Waals surface area contributed by atoms with E-state index >= 15 is 0 Å². The van der Waals surface area contributed by atoms with Crippen LogP contribution in [0, 0.1) is 11.3 Å². The first kappa shape index (κ1) is 11.4. The molecule has 1 aliphatic heterocycles. The van der Waals surface area contributed by atoms with Crippen LogP contribution < -0.4 is 5.43 Å². The van der Waals surface area contributed by atoms with Crippen molar-refractivity contribution in [1.82, 2.24) is 10.4 Å². The molecule has 3 heteroatoms. The van der Waals surface area contributed by atoms with E-state index in [0.29, 0.717) is 11.5 Å². The van der Waals surface area contributed by atoms with Gasteiger partial charge in [0, 0.05) is 19.1 Å². The van der Waals surface area contributed by atoms with Crippen LogP contribution in [0.1, 0.15) is 33.6 Å². The van der Waals surface area contributed by atoms with Gasteiger partial charge >= 0.3 is 0 Å². The fraction of sp³-hybridized carbons (Fsp3) is 1.00. The maximum Gasteiger partial charge on any atom is 0.0608 e. The lowest BCUT2D eigenvalue weighted by molar-refractivity contribution is 0.000373. The third-order valence-corrected chi connectivity index (χ3v) is 3.69. The summed E-state index contributed by atoms with van der Waals surface area (Å²) in [5.74, 6) is 0.794. The van der Waals surface area contributed by atoms with Crippen LogP contribution >= 0.6 is 0 Å². The van der Waals surface area contributed by atoms with Gasteiger partial charge in [-0.15, -0.1) is 0 Å². The number of morpholine rings is 1. The van der Waals surface area contributed by atoms with E-state index in [1.807, 2.05) is 0 Å². The summed E-state index contributed by atoms with van der Waals surface area (Å²) in [6.07, 6.45) is 2.64. The van der Waals surface area contributed by atoms with E-state index in [9.17, 15) is 0 Å². The van der Waals surface area contributed by atoms with Gasteiger partial charge in [0.05, 0.1) is 13.2 Å². The summed E-state index contributed by atoms with van der Waals surface area (Å²) >= 11 is 0. The average Bonchev–Trinajstić information content (AvgIpc) is 2.41. The van der Waals surface area contributed by atoms with Gasteiger partial charge in [0.1, 0.15) is 0 Å². The van der Waals surface area contributed by atoms with Crippen molar-refractivity contribution >= 4 is 0 Å². The molecular weight excluding hydrogens is 188 g/mol. The highest BCUT2D eigenvalue weighted by Gasteiger charge is 2.37. The van der Waals surface area contributed by atoms with Gasteiger partial charge in [-0.25, -0.2) is 5.01 Å². The Morgan fingerprint density at radius 1 is 1.20 bits per heavy atom.